The summed E-state index contributed by atoms with van der Waals surface area (Å²) >= 11 is 1.39. The molecule has 0 unspecified atom stereocenters. The number of nitrogens with one attached hydrogen (secondary N) is 1. The van der Waals surface area contributed by atoms with Gasteiger partial charge in [0.05, 0.1) is 12.7 Å². The maximum absolute atomic E-state index is 13.0. The number of aromatic amines is 1. The van der Waals surface area contributed by atoms with Gasteiger partial charge in [-0.2, -0.15) is 0 Å². The first-order chi connectivity index (χ1) is 11.9. The predicted octanol–water partition coefficient (Wildman–Crippen LogP) is -0.487. The van der Waals surface area contributed by atoms with E-state index in [0.717, 1.165) is 9.44 Å². The summed E-state index contributed by atoms with van der Waals surface area (Å²) in [5, 5.41) is 21.4. The summed E-state index contributed by atoms with van der Waals surface area (Å²) in [6.07, 6.45) is -1.04. The van der Waals surface area contributed by atoms with Crippen LogP contribution in [-0.4, -0.2) is 44.4 Å². The van der Waals surface area contributed by atoms with E-state index in [4.69, 9.17) is 4.74 Å². The van der Waals surface area contributed by atoms with Crippen LogP contribution >= 0.6 is 11.3 Å². The van der Waals surface area contributed by atoms with Crippen molar-refractivity contribution in [1.29, 1.82) is 0 Å². The second-order valence-corrected chi connectivity index (χ2v) is 7.05. The van der Waals surface area contributed by atoms with Gasteiger partial charge >= 0.3 is 5.69 Å². The molecule has 3 heterocycles. The molecule has 1 aliphatic rings. The van der Waals surface area contributed by atoms with E-state index in [1.165, 1.54) is 24.5 Å². The third-order valence-corrected chi connectivity index (χ3v) is 5.18. The van der Waals surface area contributed by atoms with Gasteiger partial charge in [-0.1, -0.05) is 6.07 Å². The van der Waals surface area contributed by atoms with Crippen molar-refractivity contribution in [3.8, 4) is 0 Å². The molecule has 134 valence electrons. The lowest BCUT2D eigenvalue weighted by atomic mass is 9.98. The summed E-state index contributed by atoms with van der Waals surface area (Å²) < 4.78 is 6.69. The van der Waals surface area contributed by atoms with Gasteiger partial charge in [0.15, 0.2) is 5.78 Å². The molecule has 3 atom stereocenters. The van der Waals surface area contributed by atoms with Crippen LogP contribution in [0.2, 0.25) is 0 Å². The summed E-state index contributed by atoms with van der Waals surface area (Å²) in [5.41, 5.74) is -2.91. The van der Waals surface area contributed by atoms with Crippen molar-refractivity contribution < 1.29 is 19.7 Å². The summed E-state index contributed by atoms with van der Waals surface area (Å²) in [7, 11) is 0. The van der Waals surface area contributed by atoms with E-state index in [1.807, 2.05) is 5.38 Å². The zero-order valence-corrected chi connectivity index (χ0v) is 14.3. The molecule has 25 heavy (non-hydrogen) atoms. The molecular weight excluding hydrogens is 348 g/mol. The lowest BCUT2D eigenvalue weighted by molar-refractivity contribution is -0.161. The molecule has 1 fully saturated rings. The van der Waals surface area contributed by atoms with Gasteiger partial charge in [-0.25, -0.2) is 4.79 Å². The number of hydrogen-bond acceptors (Lipinski definition) is 7. The fourth-order valence-electron chi connectivity index (χ4n) is 2.96. The number of aryl methyl sites for hydroxylation is 1. The lowest BCUT2D eigenvalue weighted by Gasteiger charge is -2.29. The van der Waals surface area contributed by atoms with Crippen LogP contribution in [0.3, 0.4) is 0 Å². The van der Waals surface area contributed by atoms with Gasteiger partial charge in [-0.05, 0) is 18.4 Å². The summed E-state index contributed by atoms with van der Waals surface area (Å²) in [5.74, 6) is -0.432. The second-order valence-electron chi connectivity index (χ2n) is 6.02. The Bertz CT molecular complexity index is 887. The molecule has 1 aliphatic heterocycles. The van der Waals surface area contributed by atoms with Crippen LogP contribution in [0.4, 0.5) is 0 Å². The number of aliphatic hydroxyl groups is 2. The van der Waals surface area contributed by atoms with Gasteiger partial charge in [0.1, 0.15) is 6.10 Å². The fourth-order valence-corrected chi connectivity index (χ4v) is 3.67. The minimum Gasteiger partial charge on any atom is -0.394 e. The number of Topliss-reactive ketones (excluding diaryl/α,β-unsaturated/α-hetero) is 1. The SMILES string of the molecule is Cc1cn([C@@]2(C(=O)Cc3cccs3)C[C@H](O)[C@@H](CO)O2)c(=O)[nH]c1=O. The number of thiophene rings is 1. The van der Waals surface area contributed by atoms with Crippen molar-refractivity contribution in [2.45, 2.75) is 37.7 Å². The molecule has 0 bridgehead atoms. The molecule has 1 saturated heterocycles. The average Bonchev–Trinajstić information content (AvgIpc) is 3.19. The molecule has 0 amide bonds. The molecular formula is C16H18N2O6S. The predicted molar refractivity (Wildman–Crippen MR) is 89.6 cm³/mol. The number of carbonyl (C=O) groups excluding carboxylic acids is 1. The van der Waals surface area contributed by atoms with Gasteiger partial charge in [0.25, 0.3) is 5.56 Å². The first-order valence-corrected chi connectivity index (χ1v) is 8.61. The van der Waals surface area contributed by atoms with Crippen LogP contribution in [0.25, 0.3) is 0 Å². The monoisotopic (exact) mass is 366 g/mol. The zero-order chi connectivity index (χ0) is 18.2. The molecule has 8 nitrogen and oxygen atoms in total. The minimum absolute atomic E-state index is 0.00709. The van der Waals surface area contributed by atoms with Gasteiger partial charge in [0.2, 0.25) is 5.72 Å². The summed E-state index contributed by atoms with van der Waals surface area (Å²) in [6.45, 7) is 1.01. The summed E-state index contributed by atoms with van der Waals surface area (Å²) in [4.78, 5) is 39.9. The minimum atomic E-state index is -1.77. The molecule has 9 heteroatoms. The number of hydrogen-bond donors (Lipinski definition) is 3. The Hall–Kier alpha value is -2.07. The third-order valence-electron chi connectivity index (χ3n) is 4.30. The highest BCUT2D eigenvalue weighted by atomic mass is 32.1. The van der Waals surface area contributed by atoms with Crippen molar-refractivity contribution in [3.05, 3.63) is 55.0 Å². The number of ether oxygens (including phenoxy) is 1. The number of carbonyl (C=O) groups is 1. The Labute approximate surface area is 146 Å². The quantitative estimate of drug-likeness (QED) is 0.657. The molecule has 2 aromatic rings. The molecule has 0 spiro atoms. The molecule has 0 aliphatic carbocycles. The zero-order valence-electron chi connectivity index (χ0n) is 13.5. The normalized spacial score (nSPS) is 26.0. The molecule has 3 N–H and O–H groups in total. The van der Waals surface area contributed by atoms with Crippen molar-refractivity contribution in [1.82, 2.24) is 9.55 Å². The number of nitrogens with zero attached hydrogens (tertiary/aromatic N) is 1. The molecule has 2 aromatic heterocycles. The lowest BCUT2D eigenvalue weighted by Crippen LogP contribution is -2.50. The van der Waals surface area contributed by atoms with Crippen LogP contribution in [-0.2, 0) is 21.7 Å². The van der Waals surface area contributed by atoms with E-state index in [1.54, 1.807) is 12.1 Å². The topological polar surface area (TPSA) is 122 Å². The van der Waals surface area contributed by atoms with Crippen LogP contribution in [0, 0.1) is 6.92 Å². The smallest absolute Gasteiger partial charge is 0.331 e. The van der Waals surface area contributed by atoms with E-state index < -0.39 is 41.6 Å². The Kier molecular flexibility index (Phi) is 4.74. The number of aliphatic hydroxyl groups excluding tert-OH is 2. The maximum atomic E-state index is 13.0. The van der Waals surface area contributed by atoms with E-state index in [2.05, 4.69) is 4.98 Å². The molecule has 0 radical (unpaired) electrons. The number of rotatable bonds is 5. The maximum Gasteiger partial charge on any atom is 0.331 e. The highest BCUT2D eigenvalue weighted by Gasteiger charge is 2.52. The average molecular weight is 366 g/mol. The Morgan fingerprint density at radius 3 is 2.88 bits per heavy atom. The van der Waals surface area contributed by atoms with Gasteiger partial charge in [-0.3, -0.25) is 19.1 Å². The molecule has 0 saturated carbocycles. The van der Waals surface area contributed by atoms with Crippen molar-refractivity contribution >= 4 is 17.1 Å². The highest BCUT2D eigenvalue weighted by molar-refractivity contribution is 7.10. The fraction of sp³-hybridized carbons (Fsp3) is 0.438. The van der Waals surface area contributed by atoms with Gasteiger partial charge in [-0.15, -0.1) is 11.3 Å². The molecule has 3 rings (SSSR count). The Morgan fingerprint density at radius 2 is 2.28 bits per heavy atom. The van der Waals surface area contributed by atoms with Gasteiger partial charge < -0.3 is 14.9 Å². The van der Waals surface area contributed by atoms with Crippen LogP contribution in [0.5, 0.6) is 0 Å². The van der Waals surface area contributed by atoms with Crippen LogP contribution in [0.1, 0.15) is 16.9 Å². The standard InChI is InChI=1S/C16H18N2O6S/c1-9-7-18(15(23)17-14(9)22)16(6-11(20)12(8-19)24-16)13(21)5-10-3-2-4-25-10/h2-4,7,11-12,19-20H,5-6,8H2,1H3,(H,17,22,23)/t11-,12+,16-/m0/s1. The number of ketones is 1. The molecule has 0 aromatic carbocycles. The van der Waals surface area contributed by atoms with Crippen LogP contribution in [0.15, 0.2) is 33.3 Å². The Balaban J connectivity index is 2.10. The highest BCUT2D eigenvalue weighted by Crippen LogP contribution is 2.36. The van der Waals surface area contributed by atoms with E-state index in [-0.39, 0.29) is 18.4 Å². The Morgan fingerprint density at radius 1 is 1.52 bits per heavy atom. The first-order valence-electron chi connectivity index (χ1n) is 7.73. The number of aromatic nitrogens is 2. The van der Waals surface area contributed by atoms with E-state index in [0.29, 0.717) is 0 Å². The van der Waals surface area contributed by atoms with Crippen LogP contribution < -0.4 is 11.2 Å². The van der Waals surface area contributed by atoms with E-state index >= 15 is 0 Å². The first kappa shape index (κ1) is 17.7. The van der Waals surface area contributed by atoms with Gasteiger partial charge in [0, 0.05) is 29.5 Å². The van der Waals surface area contributed by atoms with E-state index in [9.17, 15) is 24.6 Å². The number of H-pyrrole nitrogens is 1. The van der Waals surface area contributed by atoms with Crippen molar-refractivity contribution in [3.63, 3.8) is 0 Å². The third kappa shape index (κ3) is 3.11. The largest absolute Gasteiger partial charge is 0.394 e. The second kappa shape index (κ2) is 6.68. The van der Waals surface area contributed by atoms with Crippen molar-refractivity contribution in [2.24, 2.45) is 0 Å². The van der Waals surface area contributed by atoms with Crippen molar-refractivity contribution in [2.75, 3.05) is 6.61 Å². The summed E-state index contributed by atoms with van der Waals surface area (Å²) in [6, 6.07) is 3.59.